The van der Waals surface area contributed by atoms with Crippen molar-refractivity contribution >= 4 is 8.32 Å². The molecule has 0 fully saturated rings. The van der Waals surface area contributed by atoms with E-state index in [0.29, 0.717) is 29.6 Å². The first-order chi connectivity index (χ1) is 12.0. The minimum atomic E-state index is -1.66. The molecule has 0 amide bonds. The van der Waals surface area contributed by atoms with E-state index in [-0.39, 0.29) is 0 Å². The highest BCUT2D eigenvalue weighted by molar-refractivity contribution is 6.70. The Morgan fingerprint density at radius 1 is 0.731 bits per heavy atom. The molecule has 152 valence electrons. The molecule has 5 unspecified atom stereocenters. The quantitative estimate of drug-likeness (QED) is 0.348. The highest BCUT2D eigenvalue weighted by Crippen LogP contribution is 2.52. The van der Waals surface area contributed by atoms with Crippen LogP contribution in [0.15, 0.2) is 22.5 Å². The molecule has 0 spiro atoms. The Balaban J connectivity index is 3.76. The summed E-state index contributed by atoms with van der Waals surface area (Å²) >= 11 is 0. The molecule has 1 aliphatic carbocycles. The molecule has 1 aliphatic rings. The van der Waals surface area contributed by atoms with E-state index in [1.54, 1.807) is 16.7 Å². The number of hydrogen-bond acceptors (Lipinski definition) is 1. The van der Waals surface area contributed by atoms with Crippen molar-refractivity contribution in [1.82, 2.24) is 0 Å². The zero-order chi connectivity index (χ0) is 20.2. The SMILES string of the molecule is CCC(C)C1=C(O[Si](C)(C)C)C(C(C)CC)C(C(C)CC)=C1C(C)CC. The molecule has 0 bridgehead atoms. The van der Waals surface area contributed by atoms with Crippen molar-refractivity contribution in [2.45, 2.75) is 101 Å². The van der Waals surface area contributed by atoms with E-state index < -0.39 is 8.32 Å². The lowest BCUT2D eigenvalue weighted by molar-refractivity contribution is 0.291. The van der Waals surface area contributed by atoms with E-state index in [1.807, 2.05) is 0 Å². The van der Waals surface area contributed by atoms with Gasteiger partial charge < -0.3 is 4.43 Å². The van der Waals surface area contributed by atoms with Gasteiger partial charge in [0.1, 0.15) is 0 Å². The third kappa shape index (κ3) is 5.06. The first kappa shape index (κ1) is 23.5. The maximum Gasteiger partial charge on any atom is 0.241 e. The van der Waals surface area contributed by atoms with Gasteiger partial charge in [0.15, 0.2) is 0 Å². The van der Waals surface area contributed by atoms with Crippen LogP contribution in [0.2, 0.25) is 19.6 Å². The number of allylic oxidation sites excluding steroid dienone is 3. The second-order valence-electron chi connectivity index (χ2n) is 9.65. The molecular weight excluding hydrogens is 332 g/mol. The zero-order valence-corrected chi connectivity index (χ0v) is 20.6. The summed E-state index contributed by atoms with van der Waals surface area (Å²) in [6, 6.07) is 0. The lowest BCUT2D eigenvalue weighted by Crippen LogP contribution is -2.30. The van der Waals surface area contributed by atoms with Gasteiger partial charge in [-0.05, 0) is 73.7 Å². The van der Waals surface area contributed by atoms with Crippen LogP contribution in [0.4, 0.5) is 0 Å². The van der Waals surface area contributed by atoms with Crippen molar-refractivity contribution in [3.63, 3.8) is 0 Å². The predicted octanol–water partition coefficient (Wildman–Crippen LogP) is 8.20. The Morgan fingerprint density at radius 3 is 1.58 bits per heavy atom. The molecule has 0 heterocycles. The topological polar surface area (TPSA) is 9.23 Å². The van der Waals surface area contributed by atoms with Crippen molar-refractivity contribution in [2.75, 3.05) is 0 Å². The summed E-state index contributed by atoms with van der Waals surface area (Å²) < 4.78 is 6.90. The summed E-state index contributed by atoms with van der Waals surface area (Å²) in [7, 11) is -1.66. The van der Waals surface area contributed by atoms with E-state index in [2.05, 4.69) is 75.0 Å². The van der Waals surface area contributed by atoms with Crippen molar-refractivity contribution in [1.29, 1.82) is 0 Å². The molecule has 26 heavy (non-hydrogen) atoms. The molecule has 0 aliphatic heterocycles. The van der Waals surface area contributed by atoms with Gasteiger partial charge in [-0.2, -0.15) is 0 Å². The van der Waals surface area contributed by atoms with E-state index in [0.717, 1.165) is 0 Å². The monoisotopic (exact) mass is 378 g/mol. The van der Waals surface area contributed by atoms with Gasteiger partial charge in [-0.15, -0.1) is 0 Å². The van der Waals surface area contributed by atoms with Crippen molar-refractivity contribution < 1.29 is 4.43 Å². The summed E-state index contributed by atoms with van der Waals surface area (Å²) in [4.78, 5) is 0. The molecule has 0 radical (unpaired) electrons. The Labute approximate surface area is 165 Å². The minimum absolute atomic E-state index is 0.495. The summed E-state index contributed by atoms with van der Waals surface area (Å²) in [5.74, 6) is 4.36. The molecule has 0 N–H and O–H groups in total. The second-order valence-corrected chi connectivity index (χ2v) is 14.1. The van der Waals surface area contributed by atoms with E-state index >= 15 is 0 Å². The van der Waals surface area contributed by atoms with Gasteiger partial charge in [0.2, 0.25) is 8.32 Å². The predicted molar refractivity (Wildman–Crippen MR) is 120 cm³/mol. The van der Waals surface area contributed by atoms with Gasteiger partial charge in [-0.3, -0.25) is 0 Å². The maximum atomic E-state index is 6.90. The summed E-state index contributed by atoms with van der Waals surface area (Å²) in [6.45, 7) is 26.1. The minimum Gasteiger partial charge on any atom is -0.547 e. The summed E-state index contributed by atoms with van der Waals surface area (Å²) in [5, 5.41) is 0. The van der Waals surface area contributed by atoms with Gasteiger partial charge in [0.05, 0.1) is 5.76 Å². The van der Waals surface area contributed by atoms with E-state index in [4.69, 9.17) is 4.43 Å². The third-order valence-electron chi connectivity index (χ3n) is 6.47. The summed E-state index contributed by atoms with van der Waals surface area (Å²) in [5.41, 5.74) is 4.99. The van der Waals surface area contributed by atoms with Crippen LogP contribution in [-0.4, -0.2) is 8.32 Å². The molecule has 0 saturated carbocycles. The highest BCUT2D eigenvalue weighted by atomic mass is 28.4. The van der Waals surface area contributed by atoms with Crippen LogP contribution in [0, 0.1) is 29.6 Å². The highest BCUT2D eigenvalue weighted by Gasteiger charge is 2.42. The lowest BCUT2D eigenvalue weighted by Gasteiger charge is -2.32. The average Bonchev–Trinajstić information content (AvgIpc) is 2.91. The van der Waals surface area contributed by atoms with Crippen LogP contribution in [0.25, 0.3) is 0 Å². The largest absolute Gasteiger partial charge is 0.547 e. The molecule has 1 rings (SSSR count). The first-order valence-electron chi connectivity index (χ1n) is 11.2. The standard InChI is InChI=1S/C24H46OSi/c1-12-16(5)20-21(17(6)13-2)23(19(8)15-4)24(25-26(9,10)11)22(20)18(7)14-3/h16-19,22H,12-15H2,1-11H3. The Hall–Kier alpha value is -0.503. The van der Waals surface area contributed by atoms with E-state index in [9.17, 15) is 0 Å². The molecule has 1 nitrogen and oxygen atoms in total. The van der Waals surface area contributed by atoms with Gasteiger partial charge in [0.25, 0.3) is 0 Å². The number of hydrogen-bond donors (Lipinski definition) is 0. The maximum absolute atomic E-state index is 6.90. The Morgan fingerprint density at radius 2 is 1.19 bits per heavy atom. The van der Waals surface area contributed by atoms with Crippen LogP contribution in [0.3, 0.4) is 0 Å². The molecule has 0 aromatic rings. The van der Waals surface area contributed by atoms with E-state index in [1.165, 1.54) is 31.4 Å². The van der Waals surface area contributed by atoms with Gasteiger partial charge in [-0.1, -0.05) is 67.4 Å². The third-order valence-corrected chi connectivity index (χ3v) is 7.30. The summed E-state index contributed by atoms with van der Waals surface area (Å²) in [6.07, 6.45) is 4.83. The van der Waals surface area contributed by atoms with Gasteiger partial charge >= 0.3 is 0 Å². The fraction of sp³-hybridized carbons (Fsp3) is 0.833. The zero-order valence-electron chi connectivity index (χ0n) is 19.6. The van der Waals surface area contributed by atoms with Crippen LogP contribution >= 0.6 is 0 Å². The fourth-order valence-corrected chi connectivity index (χ4v) is 5.17. The lowest BCUT2D eigenvalue weighted by atomic mass is 9.77. The van der Waals surface area contributed by atoms with Crippen LogP contribution in [0.5, 0.6) is 0 Å². The van der Waals surface area contributed by atoms with Crippen molar-refractivity contribution in [3.05, 3.63) is 22.5 Å². The normalized spacial score (nSPS) is 23.3. The molecule has 2 heteroatoms. The van der Waals surface area contributed by atoms with Crippen LogP contribution in [0.1, 0.15) is 81.1 Å². The Bertz CT molecular complexity index is 523. The first-order valence-corrected chi connectivity index (χ1v) is 14.6. The smallest absolute Gasteiger partial charge is 0.241 e. The van der Waals surface area contributed by atoms with Crippen molar-refractivity contribution in [2.24, 2.45) is 29.6 Å². The molecule has 0 aromatic heterocycles. The van der Waals surface area contributed by atoms with Crippen LogP contribution in [-0.2, 0) is 4.43 Å². The van der Waals surface area contributed by atoms with Crippen molar-refractivity contribution in [3.8, 4) is 0 Å². The Kier molecular flexibility index (Phi) is 8.71. The average molecular weight is 379 g/mol. The molecule has 5 atom stereocenters. The number of rotatable bonds is 10. The molecular formula is C24H46OSi. The van der Waals surface area contributed by atoms with Gasteiger partial charge in [-0.25, -0.2) is 0 Å². The van der Waals surface area contributed by atoms with Gasteiger partial charge in [0, 0.05) is 5.92 Å². The molecule has 0 saturated heterocycles. The second kappa shape index (κ2) is 9.62. The molecule has 0 aromatic carbocycles. The van der Waals surface area contributed by atoms with Crippen LogP contribution < -0.4 is 0 Å². The fourth-order valence-electron chi connectivity index (χ4n) is 4.27.